The van der Waals surface area contributed by atoms with Gasteiger partial charge in [0, 0.05) is 11.5 Å². The second kappa shape index (κ2) is 6.39. The molecule has 20 heavy (non-hydrogen) atoms. The van der Waals surface area contributed by atoms with Crippen molar-refractivity contribution in [2.45, 2.75) is 69.7 Å². The standard InChI is InChI=1S/C14H22ClN3OS/c1-14(2,3)12-11(20-18-17-12)13(19)16-10-8-6-4-5-7-9(10)15/h9-10H,4-8H2,1-3H3,(H,16,19). The minimum absolute atomic E-state index is 0.0282. The smallest absolute Gasteiger partial charge is 0.265 e. The first kappa shape index (κ1) is 15.7. The lowest BCUT2D eigenvalue weighted by Gasteiger charge is -2.22. The van der Waals surface area contributed by atoms with Crippen LogP contribution in [0.1, 0.15) is 68.2 Å². The van der Waals surface area contributed by atoms with Crippen molar-refractivity contribution in [2.24, 2.45) is 0 Å². The zero-order valence-electron chi connectivity index (χ0n) is 12.3. The Balaban J connectivity index is 2.10. The summed E-state index contributed by atoms with van der Waals surface area (Å²) in [5, 5.41) is 7.23. The van der Waals surface area contributed by atoms with Crippen molar-refractivity contribution < 1.29 is 4.79 Å². The second-order valence-corrected chi connectivity index (χ2v) is 7.75. The van der Waals surface area contributed by atoms with Crippen molar-refractivity contribution in [3.05, 3.63) is 10.6 Å². The zero-order valence-corrected chi connectivity index (χ0v) is 13.9. The molecule has 1 N–H and O–H groups in total. The highest BCUT2D eigenvalue weighted by Gasteiger charge is 2.29. The average molecular weight is 316 g/mol. The van der Waals surface area contributed by atoms with Gasteiger partial charge in [-0.3, -0.25) is 4.79 Å². The summed E-state index contributed by atoms with van der Waals surface area (Å²) in [5.41, 5.74) is 0.587. The molecule has 1 saturated carbocycles. The minimum atomic E-state index is -0.177. The molecule has 1 aliphatic carbocycles. The van der Waals surface area contributed by atoms with E-state index in [2.05, 4.69) is 14.9 Å². The molecule has 0 spiro atoms. The van der Waals surface area contributed by atoms with Gasteiger partial charge in [0.25, 0.3) is 5.91 Å². The number of carbonyl (C=O) groups is 1. The van der Waals surface area contributed by atoms with Gasteiger partial charge >= 0.3 is 0 Å². The van der Waals surface area contributed by atoms with E-state index in [9.17, 15) is 4.79 Å². The van der Waals surface area contributed by atoms with Gasteiger partial charge in [-0.15, -0.1) is 16.7 Å². The van der Waals surface area contributed by atoms with Gasteiger partial charge in [-0.25, -0.2) is 0 Å². The number of hydrogen-bond acceptors (Lipinski definition) is 4. The number of alkyl halides is 1. The van der Waals surface area contributed by atoms with E-state index in [1.807, 2.05) is 20.8 Å². The first-order valence-electron chi connectivity index (χ1n) is 7.17. The van der Waals surface area contributed by atoms with Crippen LogP contribution in [0.15, 0.2) is 0 Å². The van der Waals surface area contributed by atoms with Crippen LogP contribution in [0, 0.1) is 0 Å². The molecule has 2 atom stereocenters. The molecule has 0 bridgehead atoms. The molecule has 0 aliphatic heterocycles. The van der Waals surface area contributed by atoms with E-state index in [0.29, 0.717) is 4.88 Å². The Kier molecular flexibility index (Phi) is 5.02. The molecule has 2 unspecified atom stereocenters. The van der Waals surface area contributed by atoms with Crippen LogP contribution in [0.5, 0.6) is 0 Å². The van der Waals surface area contributed by atoms with Crippen LogP contribution in [0.25, 0.3) is 0 Å². The third kappa shape index (κ3) is 3.70. The van der Waals surface area contributed by atoms with Crippen LogP contribution in [-0.2, 0) is 5.41 Å². The molecule has 2 rings (SSSR count). The maximum atomic E-state index is 12.5. The third-order valence-corrected chi connectivity index (χ3v) is 4.90. The van der Waals surface area contributed by atoms with Crippen molar-refractivity contribution in [1.82, 2.24) is 14.9 Å². The number of halogens is 1. The normalized spacial score (nSPS) is 24.2. The molecule has 6 heteroatoms. The van der Waals surface area contributed by atoms with Gasteiger partial charge < -0.3 is 5.32 Å². The molecule has 0 aromatic carbocycles. The topological polar surface area (TPSA) is 54.9 Å². The Labute approximate surface area is 129 Å². The fourth-order valence-electron chi connectivity index (χ4n) is 2.49. The predicted molar refractivity (Wildman–Crippen MR) is 82.6 cm³/mol. The van der Waals surface area contributed by atoms with Crippen LogP contribution in [0.2, 0.25) is 0 Å². The van der Waals surface area contributed by atoms with Crippen molar-refractivity contribution >= 4 is 29.0 Å². The predicted octanol–water partition coefficient (Wildman–Crippen LogP) is 3.51. The van der Waals surface area contributed by atoms with Gasteiger partial charge in [0.2, 0.25) is 0 Å². The van der Waals surface area contributed by atoms with Crippen LogP contribution in [-0.4, -0.2) is 26.9 Å². The quantitative estimate of drug-likeness (QED) is 0.671. The van der Waals surface area contributed by atoms with Crippen molar-refractivity contribution in [3.8, 4) is 0 Å². The van der Waals surface area contributed by atoms with Crippen LogP contribution < -0.4 is 5.32 Å². The summed E-state index contributed by atoms with van der Waals surface area (Å²) in [4.78, 5) is 13.1. The average Bonchev–Trinajstić information content (AvgIpc) is 2.78. The monoisotopic (exact) mass is 315 g/mol. The molecular formula is C14H22ClN3OS. The zero-order chi connectivity index (χ0) is 14.8. The summed E-state index contributed by atoms with van der Waals surface area (Å²) >= 11 is 7.54. The van der Waals surface area contributed by atoms with Gasteiger partial charge in [0.1, 0.15) is 4.88 Å². The fraction of sp³-hybridized carbons (Fsp3) is 0.786. The highest BCUT2D eigenvalue weighted by Crippen LogP contribution is 2.27. The lowest BCUT2D eigenvalue weighted by Crippen LogP contribution is -2.40. The molecule has 0 radical (unpaired) electrons. The third-order valence-electron chi connectivity index (χ3n) is 3.65. The number of aromatic nitrogens is 2. The van der Waals surface area contributed by atoms with E-state index < -0.39 is 0 Å². The van der Waals surface area contributed by atoms with Gasteiger partial charge in [-0.05, 0) is 24.4 Å². The SMILES string of the molecule is CC(C)(C)c1nnsc1C(=O)NC1CCCCCC1Cl. The molecule has 4 nitrogen and oxygen atoms in total. The molecule has 1 fully saturated rings. The first-order chi connectivity index (χ1) is 9.39. The lowest BCUT2D eigenvalue weighted by atomic mass is 9.91. The van der Waals surface area contributed by atoms with Crippen LogP contribution >= 0.6 is 23.1 Å². The largest absolute Gasteiger partial charge is 0.347 e. The van der Waals surface area contributed by atoms with E-state index in [1.165, 1.54) is 6.42 Å². The van der Waals surface area contributed by atoms with Gasteiger partial charge in [-0.2, -0.15) is 0 Å². The van der Waals surface area contributed by atoms with Crippen molar-refractivity contribution in [3.63, 3.8) is 0 Å². The number of nitrogens with zero attached hydrogens (tertiary/aromatic N) is 2. The molecular weight excluding hydrogens is 294 g/mol. The number of carbonyl (C=O) groups excluding carboxylic acids is 1. The first-order valence-corrected chi connectivity index (χ1v) is 8.38. The van der Waals surface area contributed by atoms with E-state index in [-0.39, 0.29) is 22.7 Å². The minimum Gasteiger partial charge on any atom is -0.347 e. The Morgan fingerprint density at radius 2 is 2.00 bits per heavy atom. The molecule has 0 saturated heterocycles. The molecule has 112 valence electrons. The number of amides is 1. The number of rotatable bonds is 2. The van der Waals surface area contributed by atoms with Gasteiger partial charge in [-0.1, -0.05) is 44.5 Å². The van der Waals surface area contributed by atoms with Crippen molar-refractivity contribution in [1.29, 1.82) is 0 Å². The Morgan fingerprint density at radius 3 is 2.70 bits per heavy atom. The second-order valence-electron chi connectivity index (χ2n) is 6.43. The Hall–Kier alpha value is -0.680. The summed E-state index contributed by atoms with van der Waals surface area (Å²) in [6.07, 6.45) is 5.40. The number of nitrogens with one attached hydrogen (secondary N) is 1. The molecule has 1 aromatic heterocycles. The molecule has 1 aromatic rings. The van der Waals surface area contributed by atoms with E-state index >= 15 is 0 Å². The molecule has 1 aliphatic rings. The van der Waals surface area contributed by atoms with Gasteiger partial charge in [0.15, 0.2) is 0 Å². The summed E-state index contributed by atoms with van der Waals surface area (Å²) < 4.78 is 3.94. The van der Waals surface area contributed by atoms with Crippen molar-refractivity contribution in [2.75, 3.05) is 0 Å². The van der Waals surface area contributed by atoms with Crippen LogP contribution in [0.3, 0.4) is 0 Å². The summed E-state index contributed by atoms with van der Waals surface area (Å²) in [6.45, 7) is 6.11. The van der Waals surface area contributed by atoms with E-state index in [0.717, 1.165) is 42.9 Å². The maximum absolute atomic E-state index is 12.5. The van der Waals surface area contributed by atoms with E-state index in [1.54, 1.807) is 0 Å². The molecule has 1 heterocycles. The van der Waals surface area contributed by atoms with E-state index in [4.69, 9.17) is 11.6 Å². The Morgan fingerprint density at radius 1 is 1.30 bits per heavy atom. The highest BCUT2D eigenvalue weighted by molar-refractivity contribution is 7.08. The highest BCUT2D eigenvalue weighted by atomic mass is 35.5. The lowest BCUT2D eigenvalue weighted by molar-refractivity contribution is 0.0935. The Bertz CT molecular complexity index is 469. The van der Waals surface area contributed by atoms with Gasteiger partial charge in [0.05, 0.1) is 11.1 Å². The summed E-state index contributed by atoms with van der Waals surface area (Å²) in [7, 11) is 0. The molecule has 1 amide bonds. The fourth-order valence-corrected chi connectivity index (χ4v) is 3.61. The van der Waals surface area contributed by atoms with Crippen LogP contribution in [0.4, 0.5) is 0 Å². The summed E-state index contributed by atoms with van der Waals surface area (Å²) in [5.74, 6) is -0.0810. The number of hydrogen-bond donors (Lipinski definition) is 1. The maximum Gasteiger partial charge on any atom is 0.265 e. The summed E-state index contributed by atoms with van der Waals surface area (Å²) in [6, 6.07) is 0.0570.